The molecule has 0 aliphatic carbocycles. The molecular weight excluding hydrogens is 90.1 g/mol. The van der Waals surface area contributed by atoms with Crippen molar-refractivity contribution in [3.8, 4) is 0 Å². The smallest absolute Gasteiger partial charge is 0.215 e. The molecule has 1 aliphatic rings. The Labute approximate surface area is 42.6 Å². The molecule has 1 rings (SSSR count). The van der Waals surface area contributed by atoms with Gasteiger partial charge in [-0.3, -0.25) is 0 Å². The van der Waals surface area contributed by atoms with Crippen LogP contribution >= 0.6 is 0 Å². The standard InChI is InChI=1S/C4H8N3/c1-7(2)3-5-6-4-7/h3-4H,1-2H3/q+1. The van der Waals surface area contributed by atoms with Gasteiger partial charge in [0.15, 0.2) is 0 Å². The van der Waals surface area contributed by atoms with Gasteiger partial charge in [0.05, 0.1) is 14.1 Å². The molecule has 0 aromatic carbocycles. The molecule has 0 amide bonds. The second-order valence-corrected chi connectivity index (χ2v) is 2.09. The lowest BCUT2D eigenvalue weighted by atomic mass is 10.7. The van der Waals surface area contributed by atoms with Gasteiger partial charge in [-0.2, -0.15) is 0 Å². The average Bonchev–Trinajstić information content (AvgIpc) is 1.84. The topological polar surface area (TPSA) is 24.7 Å². The zero-order valence-corrected chi connectivity index (χ0v) is 4.50. The third-order valence-corrected chi connectivity index (χ3v) is 0.765. The number of hydrogen-bond donors (Lipinski definition) is 0. The maximum Gasteiger partial charge on any atom is 0.215 e. The Hall–Kier alpha value is -0.700. The second-order valence-electron chi connectivity index (χ2n) is 2.09. The van der Waals surface area contributed by atoms with Crippen LogP contribution in [0, 0.1) is 0 Å². The minimum atomic E-state index is 0.667. The minimum Gasteiger partial charge on any atom is -0.241 e. The summed E-state index contributed by atoms with van der Waals surface area (Å²) in [6.45, 7) is 0. The first-order valence-corrected chi connectivity index (χ1v) is 2.13. The number of nitrogens with zero attached hydrogens (tertiary/aromatic N) is 3. The van der Waals surface area contributed by atoms with Crippen LogP contribution in [-0.4, -0.2) is 31.3 Å². The fourth-order valence-corrected chi connectivity index (χ4v) is 0.356. The zero-order chi connectivity index (χ0) is 5.33. The Morgan fingerprint density at radius 3 is 1.71 bits per heavy atom. The molecule has 0 unspecified atom stereocenters. The van der Waals surface area contributed by atoms with Crippen molar-refractivity contribution < 1.29 is 4.48 Å². The molecule has 1 heterocycles. The van der Waals surface area contributed by atoms with Gasteiger partial charge in [-0.1, -0.05) is 10.2 Å². The number of rotatable bonds is 0. The summed E-state index contributed by atoms with van der Waals surface area (Å²) >= 11 is 0. The summed E-state index contributed by atoms with van der Waals surface area (Å²) in [7, 11) is 4.00. The highest BCUT2D eigenvalue weighted by Crippen LogP contribution is 1.92. The molecule has 3 nitrogen and oxygen atoms in total. The first kappa shape index (κ1) is 4.46. The zero-order valence-electron chi connectivity index (χ0n) is 4.50. The molecule has 0 fully saturated rings. The van der Waals surface area contributed by atoms with Crippen LogP contribution in [0.1, 0.15) is 0 Å². The van der Waals surface area contributed by atoms with Gasteiger partial charge in [-0.15, -0.1) is 0 Å². The van der Waals surface area contributed by atoms with Crippen LogP contribution in [0.15, 0.2) is 10.2 Å². The van der Waals surface area contributed by atoms with E-state index in [1.807, 2.05) is 14.1 Å². The normalized spacial score (nSPS) is 23.7. The third-order valence-electron chi connectivity index (χ3n) is 0.765. The van der Waals surface area contributed by atoms with E-state index in [0.717, 1.165) is 0 Å². The van der Waals surface area contributed by atoms with Gasteiger partial charge in [0.1, 0.15) is 0 Å². The highest BCUT2D eigenvalue weighted by molar-refractivity contribution is 5.66. The van der Waals surface area contributed by atoms with E-state index in [-0.39, 0.29) is 0 Å². The van der Waals surface area contributed by atoms with E-state index < -0.39 is 0 Å². The molecule has 0 spiro atoms. The SMILES string of the molecule is C[N+]1(C)C=NN=C1. The van der Waals surface area contributed by atoms with Gasteiger partial charge in [0.25, 0.3) is 0 Å². The molecule has 38 valence electrons. The Morgan fingerprint density at radius 1 is 1.14 bits per heavy atom. The fourth-order valence-electron chi connectivity index (χ4n) is 0.356. The maximum atomic E-state index is 3.65. The molecule has 0 radical (unpaired) electrons. The molecule has 0 aromatic rings. The van der Waals surface area contributed by atoms with Crippen LogP contribution in [-0.2, 0) is 0 Å². The summed E-state index contributed by atoms with van der Waals surface area (Å²) in [5.74, 6) is 0. The molecule has 1 aliphatic heterocycles. The molecule has 3 heteroatoms. The number of quaternary nitrogens is 1. The summed E-state index contributed by atoms with van der Waals surface area (Å²) in [4.78, 5) is 0. The van der Waals surface area contributed by atoms with Gasteiger partial charge < -0.3 is 0 Å². The van der Waals surface area contributed by atoms with Crippen LogP contribution in [0.5, 0.6) is 0 Å². The lowest BCUT2D eigenvalue weighted by molar-refractivity contribution is -0.681. The van der Waals surface area contributed by atoms with E-state index in [0.29, 0.717) is 4.48 Å². The second kappa shape index (κ2) is 1.13. The van der Waals surface area contributed by atoms with E-state index >= 15 is 0 Å². The average molecular weight is 98.1 g/mol. The summed E-state index contributed by atoms with van der Waals surface area (Å²) in [6, 6.07) is 0. The van der Waals surface area contributed by atoms with Gasteiger partial charge in [-0.25, -0.2) is 4.48 Å². The predicted molar refractivity (Wildman–Crippen MR) is 29.1 cm³/mol. The summed E-state index contributed by atoms with van der Waals surface area (Å²) in [6.07, 6.45) is 3.53. The molecule has 7 heavy (non-hydrogen) atoms. The highest BCUT2D eigenvalue weighted by Gasteiger charge is 2.11. The molecular formula is C4H8N3+. The van der Waals surface area contributed by atoms with E-state index in [1.165, 1.54) is 0 Å². The lowest BCUT2D eigenvalue weighted by Crippen LogP contribution is -2.33. The summed E-state index contributed by atoms with van der Waals surface area (Å²) in [5, 5.41) is 7.31. The highest BCUT2D eigenvalue weighted by atomic mass is 15.5. The summed E-state index contributed by atoms with van der Waals surface area (Å²) < 4.78 is 0.667. The van der Waals surface area contributed by atoms with Crippen molar-refractivity contribution in [1.82, 2.24) is 0 Å². The van der Waals surface area contributed by atoms with Crippen molar-refractivity contribution in [2.24, 2.45) is 10.2 Å². The van der Waals surface area contributed by atoms with E-state index in [9.17, 15) is 0 Å². The van der Waals surface area contributed by atoms with Gasteiger partial charge in [-0.05, 0) is 0 Å². The quantitative estimate of drug-likeness (QED) is 0.382. The van der Waals surface area contributed by atoms with Crippen molar-refractivity contribution in [3.63, 3.8) is 0 Å². The Kier molecular flexibility index (Phi) is 0.722. The Balaban J connectivity index is 2.77. The van der Waals surface area contributed by atoms with Crippen LogP contribution in [0.25, 0.3) is 0 Å². The van der Waals surface area contributed by atoms with Gasteiger partial charge in [0.2, 0.25) is 12.7 Å². The maximum absolute atomic E-state index is 3.65. The van der Waals surface area contributed by atoms with Crippen molar-refractivity contribution in [1.29, 1.82) is 0 Å². The van der Waals surface area contributed by atoms with E-state index in [1.54, 1.807) is 12.7 Å². The van der Waals surface area contributed by atoms with Crippen molar-refractivity contribution in [2.45, 2.75) is 0 Å². The molecule has 0 saturated heterocycles. The van der Waals surface area contributed by atoms with Crippen LogP contribution < -0.4 is 0 Å². The third kappa shape index (κ3) is 0.838. The van der Waals surface area contributed by atoms with E-state index in [4.69, 9.17) is 0 Å². The van der Waals surface area contributed by atoms with Crippen molar-refractivity contribution in [2.75, 3.05) is 14.1 Å². The predicted octanol–water partition coefficient (Wildman–Crippen LogP) is 0.0480. The van der Waals surface area contributed by atoms with Crippen LogP contribution in [0.3, 0.4) is 0 Å². The van der Waals surface area contributed by atoms with Crippen molar-refractivity contribution in [3.05, 3.63) is 0 Å². The molecule has 0 atom stereocenters. The monoisotopic (exact) mass is 98.1 g/mol. The van der Waals surface area contributed by atoms with Crippen molar-refractivity contribution >= 4 is 12.7 Å². The first-order chi connectivity index (χ1) is 3.21. The lowest BCUT2D eigenvalue weighted by Gasteiger charge is -2.09. The van der Waals surface area contributed by atoms with Crippen LogP contribution in [0.4, 0.5) is 0 Å². The van der Waals surface area contributed by atoms with Gasteiger partial charge in [0, 0.05) is 0 Å². The number of hydrogen-bond acceptors (Lipinski definition) is 2. The van der Waals surface area contributed by atoms with Gasteiger partial charge >= 0.3 is 0 Å². The largest absolute Gasteiger partial charge is 0.241 e. The fraction of sp³-hybridized carbons (Fsp3) is 0.500. The van der Waals surface area contributed by atoms with Crippen LogP contribution in [0.2, 0.25) is 0 Å². The molecule has 0 saturated carbocycles. The molecule has 0 N–H and O–H groups in total. The Morgan fingerprint density at radius 2 is 1.57 bits per heavy atom. The minimum absolute atomic E-state index is 0.667. The molecule has 0 bridgehead atoms. The molecule has 0 aromatic heterocycles. The summed E-state index contributed by atoms with van der Waals surface area (Å²) in [5.41, 5.74) is 0. The Bertz CT molecular complexity index is 109. The first-order valence-electron chi connectivity index (χ1n) is 2.13. The van der Waals surface area contributed by atoms with E-state index in [2.05, 4.69) is 10.2 Å².